The van der Waals surface area contributed by atoms with Gasteiger partial charge in [0.15, 0.2) is 6.61 Å². The van der Waals surface area contributed by atoms with Crippen LogP contribution in [0.4, 0.5) is 5.69 Å². The Bertz CT molecular complexity index is 622. The van der Waals surface area contributed by atoms with Gasteiger partial charge in [-0.2, -0.15) is 0 Å². The van der Waals surface area contributed by atoms with Gasteiger partial charge in [0, 0.05) is 38.7 Å². The fourth-order valence-electron chi connectivity index (χ4n) is 2.76. The van der Waals surface area contributed by atoms with Crippen LogP contribution in [0.15, 0.2) is 24.3 Å². The van der Waals surface area contributed by atoms with E-state index in [0.29, 0.717) is 18.0 Å². The summed E-state index contributed by atoms with van der Waals surface area (Å²) in [6, 6.07) is 6.82. The fraction of sp³-hybridized carbons (Fsp3) is 0.526. The Hall–Kier alpha value is -2.57. The molecule has 26 heavy (non-hydrogen) atoms. The molecule has 3 amide bonds. The van der Waals surface area contributed by atoms with E-state index in [1.807, 2.05) is 0 Å². The zero-order valence-electron chi connectivity index (χ0n) is 15.4. The number of benzene rings is 1. The summed E-state index contributed by atoms with van der Waals surface area (Å²) >= 11 is 0. The molecular formula is C19H27N3O4. The average molecular weight is 361 g/mol. The molecule has 1 aliphatic rings. The Balaban J connectivity index is 1.68. The fourth-order valence-corrected chi connectivity index (χ4v) is 2.76. The van der Waals surface area contributed by atoms with Crippen LogP contribution in [0.3, 0.4) is 0 Å². The largest absolute Gasteiger partial charge is 0.484 e. The molecule has 2 N–H and O–H groups in total. The molecule has 142 valence electrons. The molecule has 1 fully saturated rings. The van der Waals surface area contributed by atoms with Crippen molar-refractivity contribution in [1.82, 2.24) is 10.2 Å². The van der Waals surface area contributed by atoms with Gasteiger partial charge in [-0.1, -0.05) is 12.8 Å². The van der Waals surface area contributed by atoms with Crippen LogP contribution in [-0.4, -0.2) is 49.9 Å². The van der Waals surface area contributed by atoms with Crippen molar-refractivity contribution < 1.29 is 19.1 Å². The molecule has 0 radical (unpaired) electrons. The van der Waals surface area contributed by atoms with E-state index in [1.165, 1.54) is 4.90 Å². The van der Waals surface area contributed by atoms with E-state index in [-0.39, 0.29) is 36.7 Å². The zero-order chi connectivity index (χ0) is 18.9. The number of hydrogen-bond donors (Lipinski definition) is 2. The lowest BCUT2D eigenvalue weighted by atomic mass is 10.1. The van der Waals surface area contributed by atoms with Gasteiger partial charge in [0.1, 0.15) is 5.75 Å². The number of carbonyl (C=O) groups is 3. The number of anilines is 1. The molecule has 1 aliphatic carbocycles. The van der Waals surface area contributed by atoms with Crippen molar-refractivity contribution in [1.29, 1.82) is 0 Å². The maximum absolute atomic E-state index is 11.9. The van der Waals surface area contributed by atoms with Crippen molar-refractivity contribution in [3.63, 3.8) is 0 Å². The molecule has 0 bridgehead atoms. The highest BCUT2D eigenvalue weighted by molar-refractivity contribution is 5.91. The Kier molecular flexibility index (Phi) is 7.44. The third kappa shape index (κ3) is 6.38. The number of ether oxygens (including phenoxy) is 1. The molecule has 1 aromatic rings. The lowest BCUT2D eigenvalue weighted by Crippen LogP contribution is -2.32. The first-order valence-corrected chi connectivity index (χ1v) is 8.96. The summed E-state index contributed by atoms with van der Waals surface area (Å²) in [5.41, 5.74) is 0.642. The maximum atomic E-state index is 11.9. The summed E-state index contributed by atoms with van der Waals surface area (Å²) in [4.78, 5) is 36.8. The molecule has 2 rings (SSSR count). The first-order chi connectivity index (χ1) is 12.5. The predicted octanol–water partition coefficient (Wildman–Crippen LogP) is 1.79. The van der Waals surface area contributed by atoms with Crippen LogP contribution in [0.25, 0.3) is 0 Å². The smallest absolute Gasteiger partial charge is 0.259 e. The standard InChI is InChI=1S/C19H27N3O4/c1-22(2)18(24)13-26-16-9-7-15(8-10-16)21-17(23)11-12-20-19(25)14-5-3-4-6-14/h7-10,14H,3-6,11-13H2,1-2H3,(H,20,25)(H,21,23). The van der Waals surface area contributed by atoms with Crippen LogP contribution in [0.1, 0.15) is 32.1 Å². The van der Waals surface area contributed by atoms with Crippen LogP contribution in [0.5, 0.6) is 5.75 Å². The van der Waals surface area contributed by atoms with Gasteiger partial charge in [0.2, 0.25) is 11.8 Å². The molecular weight excluding hydrogens is 334 g/mol. The third-order valence-corrected chi connectivity index (χ3v) is 4.38. The highest BCUT2D eigenvalue weighted by atomic mass is 16.5. The Labute approximate surface area is 154 Å². The van der Waals surface area contributed by atoms with Gasteiger partial charge >= 0.3 is 0 Å². The summed E-state index contributed by atoms with van der Waals surface area (Å²) in [5.74, 6) is 0.450. The molecule has 0 saturated heterocycles. The molecule has 0 aliphatic heterocycles. The number of nitrogens with zero attached hydrogens (tertiary/aromatic N) is 1. The summed E-state index contributed by atoms with van der Waals surface area (Å²) in [6.45, 7) is 0.314. The predicted molar refractivity (Wildman–Crippen MR) is 98.8 cm³/mol. The maximum Gasteiger partial charge on any atom is 0.259 e. The molecule has 0 atom stereocenters. The quantitative estimate of drug-likeness (QED) is 0.739. The normalized spacial score (nSPS) is 13.9. The van der Waals surface area contributed by atoms with Crippen LogP contribution in [0.2, 0.25) is 0 Å². The summed E-state index contributed by atoms with van der Waals surface area (Å²) in [5, 5.41) is 5.61. The average Bonchev–Trinajstić information content (AvgIpc) is 3.15. The second-order valence-electron chi connectivity index (χ2n) is 6.67. The molecule has 7 nitrogen and oxygen atoms in total. The van der Waals surface area contributed by atoms with Crippen LogP contribution >= 0.6 is 0 Å². The molecule has 7 heteroatoms. The van der Waals surface area contributed by atoms with Crippen LogP contribution < -0.4 is 15.4 Å². The first-order valence-electron chi connectivity index (χ1n) is 8.96. The number of amides is 3. The van der Waals surface area contributed by atoms with E-state index in [0.717, 1.165) is 25.7 Å². The van der Waals surface area contributed by atoms with Gasteiger partial charge in [-0.15, -0.1) is 0 Å². The SMILES string of the molecule is CN(C)C(=O)COc1ccc(NC(=O)CCNC(=O)C2CCCC2)cc1. The van der Waals surface area contributed by atoms with Crippen molar-refractivity contribution in [3.05, 3.63) is 24.3 Å². The lowest BCUT2D eigenvalue weighted by molar-refractivity contribution is -0.130. The van der Waals surface area contributed by atoms with E-state index < -0.39 is 0 Å². The minimum atomic E-state index is -0.159. The van der Waals surface area contributed by atoms with Gasteiger partial charge in [-0.05, 0) is 37.1 Å². The van der Waals surface area contributed by atoms with E-state index >= 15 is 0 Å². The minimum Gasteiger partial charge on any atom is -0.484 e. The second-order valence-corrected chi connectivity index (χ2v) is 6.67. The van der Waals surface area contributed by atoms with Gasteiger partial charge in [0.05, 0.1) is 0 Å². The number of hydrogen-bond acceptors (Lipinski definition) is 4. The van der Waals surface area contributed by atoms with Crippen molar-refractivity contribution in [2.45, 2.75) is 32.1 Å². The highest BCUT2D eigenvalue weighted by Crippen LogP contribution is 2.24. The van der Waals surface area contributed by atoms with Crippen molar-refractivity contribution in [2.24, 2.45) is 5.92 Å². The van der Waals surface area contributed by atoms with Gasteiger partial charge < -0.3 is 20.3 Å². The lowest BCUT2D eigenvalue weighted by Gasteiger charge is -2.12. The molecule has 1 saturated carbocycles. The number of likely N-dealkylation sites (N-methyl/N-ethyl adjacent to an activating group) is 1. The first kappa shape index (κ1) is 19.8. The van der Waals surface area contributed by atoms with Crippen molar-refractivity contribution in [3.8, 4) is 5.75 Å². The Morgan fingerprint density at radius 1 is 1.12 bits per heavy atom. The molecule has 0 aromatic heterocycles. The van der Waals surface area contributed by atoms with E-state index in [1.54, 1.807) is 38.4 Å². The summed E-state index contributed by atoms with van der Waals surface area (Å²) in [7, 11) is 3.33. The Morgan fingerprint density at radius 2 is 1.77 bits per heavy atom. The van der Waals surface area contributed by atoms with E-state index in [9.17, 15) is 14.4 Å². The number of carbonyl (C=O) groups excluding carboxylic acids is 3. The van der Waals surface area contributed by atoms with Gasteiger partial charge in [-0.25, -0.2) is 0 Å². The van der Waals surface area contributed by atoms with Gasteiger partial charge in [-0.3, -0.25) is 14.4 Å². The summed E-state index contributed by atoms with van der Waals surface area (Å²) in [6.07, 6.45) is 4.36. The van der Waals surface area contributed by atoms with E-state index in [4.69, 9.17) is 4.74 Å². The third-order valence-electron chi connectivity index (χ3n) is 4.38. The van der Waals surface area contributed by atoms with E-state index in [2.05, 4.69) is 10.6 Å². The van der Waals surface area contributed by atoms with Crippen LogP contribution in [0, 0.1) is 5.92 Å². The second kappa shape index (κ2) is 9.79. The zero-order valence-corrected chi connectivity index (χ0v) is 15.4. The number of nitrogens with one attached hydrogen (secondary N) is 2. The molecule has 0 unspecified atom stereocenters. The summed E-state index contributed by atoms with van der Waals surface area (Å²) < 4.78 is 5.38. The topological polar surface area (TPSA) is 87.7 Å². The Morgan fingerprint density at radius 3 is 2.38 bits per heavy atom. The van der Waals surface area contributed by atoms with Crippen LogP contribution in [-0.2, 0) is 14.4 Å². The molecule has 0 spiro atoms. The monoisotopic (exact) mass is 361 g/mol. The van der Waals surface area contributed by atoms with Crippen molar-refractivity contribution in [2.75, 3.05) is 32.6 Å². The molecule has 0 heterocycles. The highest BCUT2D eigenvalue weighted by Gasteiger charge is 2.22. The molecule has 1 aromatic carbocycles. The van der Waals surface area contributed by atoms with Gasteiger partial charge in [0.25, 0.3) is 5.91 Å². The number of rotatable bonds is 8. The van der Waals surface area contributed by atoms with Crippen molar-refractivity contribution >= 4 is 23.4 Å². The minimum absolute atomic E-state index is 0.0284.